The fourth-order valence-electron chi connectivity index (χ4n) is 3.80. The second-order valence-corrected chi connectivity index (χ2v) is 8.55. The van der Waals surface area contributed by atoms with Gasteiger partial charge in [-0.2, -0.15) is 13.2 Å². The Morgan fingerprint density at radius 1 is 1.09 bits per heavy atom. The number of hydrogen-bond acceptors (Lipinski definition) is 4. The Kier molecular flexibility index (Phi) is 6.70. The highest BCUT2D eigenvalue weighted by Crippen LogP contribution is 2.43. The predicted molar refractivity (Wildman–Crippen MR) is 120 cm³/mol. The first-order valence-electron chi connectivity index (χ1n) is 10.2. The molecule has 10 heteroatoms. The maximum absolute atomic E-state index is 14.3. The molecule has 0 atom stereocenters. The van der Waals surface area contributed by atoms with Crippen LogP contribution in [0.4, 0.5) is 17.6 Å². The third-order valence-electron chi connectivity index (χ3n) is 5.41. The molecular formula is C24H17BrF4N2O3. The molecule has 176 valence electrons. The van der Waals surface area contributed by atoms with Crippen molar-refractivity contribution in [2.75, 3.05) is 0 Å². The Morgan fingerprint density at radius 2 is 1.85 bits per heavy atom. The zero-order chi connectivity index (χ0) is 24.5. The van der Waals surface area contributed by atoms with Crippen LogP contribution in [0.25, 0.3) is 11.1 Å². The molecule has 0 radical (unpaired) electrons. The van der Waals surface area contributed by atoms with Gasteiger partial charge < -0.3 is 9.84 Å². The number of aromatic nitrogens is 2. The summed E-state index contributed by atoms with van der Waals surface area (Å²) in [6.07, 6.45) is 0.188. The molecule has 0 spiro atoms. The maximum atomic E-state index is 14.3. The van der Waals surface area contributed by atoms with Gasteiger partial charge in [-0.3, -0.25) is 4.98 Å². The van der Waals surface area contributed by atoms with E-state index < -0.39 is 23.5 Å². The first-order valence-corrected chi connectivity index (χ1v) is 11.0. The van der Waals surface area contributed by atoms with Crippen molar-refractivity contribution in [3.05, 3.63) is 87.2 Å². The smallest absolute Gasteiger partial charge is 0.416 e. The lowest BCUT2D eigenvalue weighted by atomic mass is 9.99. The first-order chi connectivity index (χ1) is 16.1. The van der Waals surface area contributed by atoms with Crippen molar-refractivity contribution in [1.82, 2.24) is 9.97 Å². The fraction of sp³-hybridized carbons (Fsp3) is 0.208. The molecule has 1 heterocycles. The number of hydrogen-bond donors (Lipinski definition) is 1. The monoisotopic (exact) mass is 536 g/mol. The van der Waals surface area contributed by atoms with Crippen molar-refractivity contribution in [1.29, 1.82) is 0 Å². The van der Waals surface area contributed by atoms with Gasteiger partial charge in [0.25, 0.3) is 0 Å². The van der Waals surface area contributed by atoms with Crippen LogP contribution in [0, 0.1) is 5.82 Å². The Balaban J connectivity index is 1.67. The zero-order valence-electron chi connectivity index (χ0n) is 17.5. The van der Waals surface area contributed by atoms with Crippen LogP contribution in [-0.4, -0.2) is 21.0 Å². The average Bonchev–Trinajstić information content (AvgIpc) is 3.28. The topological polar surface area (TPSA) is 72.3 Å². The van der Waals surface area contributed by atoms with Crippen LogP contribution in [0.15, 0.2) is 53.3 Å². The van der Waals surface area contributed by atoms with Crippen LogP contribution in [0.1, 0.15) is 52.1 Å². The summed E-state index contributed by atoms with van der Waals surface area (Å²) in [5.41, 5.74) is 1.63. The summed E-state index contributed by atoms with van der Waals surface area (Å²) in [4.78, 5) is 19.5. The van der Waals surface area contributed by atoms with E-state index in [4.69, 9.17) is 4.74 Å². The van der Waals surface area contributed by atoms with Crippen LogP contribution in [0.5, 0.6) is 5.75 Å². The lowest BCUT2D eigenvalue weighted by Crippen LogP contribution is -2.07. The number of benzene rings is 2. The Labute approximate surface area is 200 Å². The molecule has 5 nitrogen and oxygen atoms in total. The zero-order valence-corrected chi connectivity index (χ0v) is 19.1. The minimum absolute atomic E-state index is 0.0116. The molecule has 1 aliphatic rings. The molecule has 0 saturated heterocycles. The highest BCUT2D eigenvalue weighted by atomic mass is 79.9. The quantitative estimate of drug-likeness (QED) is 0.352. The summed E-state index contributed by atoms with van der Waals surface area (Å²) in [5.74, 6) is -1.77. The summed E-state index contributed by atoms with van der Waals surface area (Å²) >= 11 is 3.43. The average molecular weight is 537 g/mol. The van der Waals surface area contributed by atoms with Crippen LogP contribution >= 0.6 is 15.9 Å². The molecule has 1 N–H and O–H groups in total. The normalized spacial score (nSPS) is 13.9. The van der Waals surface area contributed by atoms with E-state index in [0.29, 0.717) is 35.9 Å². The van der Waals surface area contributed by atoms with E-state index in [1.54, 1.807) is 12.1 Å². The summed E-state index contributed by atoms with van der Waals surface area (Å²) in [7, 11) is 0. The molecule has 34 heavy (non-hydrogen) atoms. The highest BCUT2D eigenvalue weighted by molar-refractivity contribution is 9.10. The Bertz CT molecular complexity index is 1290. The van der Waals surface area contributed by atoms with Crippen molar-refractivity contribution >= 4 is 33.0 Å². The molecule has 0 aliphatic heterocycles. The Morgan fingerprint density at radius 3 is 2.56 bits per heavy atom. The van der Waals surface area contributed by atoms with Gasteiger partial charge in [0.2, 0.25) is 0 Å². The van der Waals surface area contributed by atoms with Crippen molar-refractivity contribution in [3.8, 4) is 5.75 Å². The number of carbonyl (C=O) groups is 1. The molecule has 1 aromatic heterocycles. The summed E-state index contributed by atoms with van der Waals surface area (Å²) < 4.78 is 59.3. The number of carboxylic acids is 1. The van der Waals surface area contributed by atoms with Gasteiger partial charge in [0.05, 0.1) is 23.7 Å². The maximum Gasteiger partial charge on any atom is 0.416 e. The number of halogens is 5. The van der Waals surface area contributed by atoms with Crippen LogP contribution in [0.3, 0.4) is 0 Å². The van der Waals surface area contributed by atoms with E-state index in [9.17, 15) is 27.5 Å². The molecular weight excluding hydrogens is 520 g/mol. The highest BCUT2D eigenvalue weighted by Gasteiger charge is 2.31. The second-order valence-electron chi connectivity index (χ2n) is 7.64. The van der Waals surface area contributed by atoms with Gasteiger partial charge in [-0.05, 0) is 60.7 Å². The van der Waals surface area contributed by atoms with Gasteiger partial charge in [-0.25, -0.2) is 14.2 Å². The third-order valence-corrected chi connectivity index (χ3v) is 5.90. The largest absolute Gasteiger partial charge is 0.488 e. The van der Waals surface area contributed by atoms with Gasteiger partial charge >= 0.3 is 12.1 Å². The Hall–Kier alpha value is -3.27. The minimum Gasteiger partial charge on any atom is -0.488 e. The standard InChI is InChI=1S/C24H17BrF4N2O3/c25-15-6-7-22(34-12-13-4-5-14(8-19(13)26)24(27,28)29)18(9-15)16-2-1-3-17(16)20-10-30-11-21(31-20)23(32)33/h4-11H,1-3,12H2,(H,32,33). The molecule has 0 unspecified atom stereocenters. The number of ether oxygens (including phenoxy) is 1. The molecule has 0 amide bonds. The van der Waals surface area contributed by atoms with Crippen LogP contribution in [0.2, 0.25) is 0 Å². The number of alkyl halides is 3. The lowest BCUT2D eigenvalue weighted by Gasteiger charge is -2.16. The molecule has 4 rings (SSSR count). The molecule has 2 aromatic carbocycles. The number of nitrogens with zero attached hydrogens (tertiary/aromatic N) is 2. The van der Waals surface area contributed by atoms with Crippen LogP contribution in [-0.2, 0) is 12.8 Å². The van der Waals surface area contributed by atoms with Crippen molar-refractivity contribution in [3.63, 3.8) is 0 Å². The fourth-order valence-corrected chi connectivity index (χ4v) is 4.16. The lowest BCUT2D eigenvalue weighted by molar-refractivity contribution is -0.137. The van der Waals surface area contributed by atoms with E-state index in [1.165, 1.54) is 12.4 Å². The van der Waals surface area contributed by atoms with Gasteiger partial charge in [0, 0.05) is 15.6 Å². The predicted octanol–water partition coefficient (Wildman–Crippen LogP) is 6.77. The van der Waals surface area contributed by atoms with Crippen molar-refractivity contribution in [2.45, 2.75) is 32.0 Å². The van der Waals surface area contributed by atoms with Gasteiger partial charge in [-0.1, -0.05) is 22.0 Å². The van der Waals surface area contributed by atoms with Crippen molar-refractivity contribution in [2.24, 2.45) is 0 Å². The van der Waals surface area contributed by atoms with E-state index in [2.05, 4.69) is 25.9 Å². The number of rotatable bonds is 6. The van der Waals surface area contributed by atoms with Gasteiger partial charge in [0.1, 0.15) is 18.2 Å². The minimum atomic E-state index is -4.63. The molecule has 1 aliphatic carbocycles. The first kappa shape index (κ1) is 23.9. The SMILES string of the molecule is O=C(O)c1cncc(C2=C(c3cc(Br)ccc3OCc3ccc(C(F)(F)F)cc3F)CCC2)n1. The van der Waals surface area contributed by atoms with Gasteiger partial charge in [-0.15, -0.1) is 0 Å². The number of carboxylic acid groups (broad SMARTS) is 1. The summed E-state index contributed by atoms with van der Waals surface area (Å²) in [6.45, 7) is -0.268. The molecule has 0 bridgehead atoms. The van der Waals surface area contributed by atoms with Crippen molar-refractivity contribution < 1.29 is 32.2 Å². The third kappa shape index (κ3) is 5.11. The molecule has 3 aromatic rings. The van der Waals surface area contributed by atoms with E-state index in [1.807, 2.05) is 6.07 Å². The number of allylic oxidation sites excluding steroid dienone is 2. The summed E-state index contributed by atoms with van der Waals surface area (Å²) in [5, 5.41) is 9.24. The van der Waals surface area contributed by atoms with Crippen LogP contribution < -0.4 is 4.74 Å². The summed E-state index contributed by atoms with van der Waals surface area (Å²) in [6, 6.07) is 7.58. The van der Waals surface area contributed by atoms with E-state index in [-0.39, 0.29) is 17.9 Å². The van der Waals surface area contributed by atoms with E-state index in [0.717, 1.165) is 34.2 Å². The second kappa shape index (κ2) is 9.54. The number of aromatic carboxylic acids is 1. The van der Waals surface area contributed by atoms with Gasteiger partial charge in [0.15, 0.2) is 5.69 Å². The molecule has 0 fully saturated rings. The molecule has 0 saturated carbocycles. The van der Waals surface area contributed by atoms with E-state index >= 15 is 0 Å².